The van der Waals surface area contributed by atoms with Gasteiger partial charge < -0.3 is 9.32 Å². The highest BCUT2D eigenvalue weighted by molar-refractivity contribution is 5.59. The van der Waals surface area contributed by atoms with Crippen LogP contribution in [-0.2, 0) is 13.1 Å². The Morgan fingerprint density at radius 2 is 1.67 bits per heavy atom. The summed E-state index contributed by atoms with van der Waals surface area (Å²) in [5.41, 5.74) is 4.24. The zero-order valence-corrected chi connectivity index (χ0v) is 13.9. The SMILES string of the molecule is CN(C)Cc1ccc(CN=Nc2ccc(-c3cnco3)cc2)cc1. The molecule has 3 aromatic rings. The van der Waals surface area contributed by atoms with Gasteiger partial charge in [-0.15, -0.1) is 0 Å². The summed E-state index contributed by atoms with van der Waals surface area (Å²) < 4.78 is 5.26. The summed E-state index contributed by atoms with van der Waals surface area (Å²) in [6.45, 7) is 1.52. The molecule has 0 saturated carbocycles. The van der Waals surface area contributed by atoms with Crippen LogP contribution >= 0.6 is 0 Å². The third-order valence-electron chi connectivity index (χ3n) is 3.55. The van der Waals surface area contributed by atoms with E-state index >= 15 is 0 Å². The van der Waals surface area contributed by atoms with Crippen LogP contribution in [0.4, 0.5) is 5.69 Å². The standard InChI is InChI=1S/C19H20N4O/c1-23(2)13-16-5-3-15(4-6-16)11-21-22-18-9-7-17(8-10-18)19-12-20-14-24-19/h3-10,12,14H,11,13H2,1-2H3. The molecule has 0 radical (unpaired) electrons. The first-order chi connectivity index (χ1) is 11.7. The van der Waals surface area contributed by atoms with E-state index in [1.807, 2.05) is 24.3 Å². The highest BCUT2D eigenvalue weighted by Gasteiger charge is 2.00. The highest BCUT2D eigenvalue weighted by atomic mass is 16.3. The van der Waals surface area contributed by atoms with Crippen LogP contribution < -0.4 is 0 Å². The fraction of sp³-hybridized carbons (Fsp3) is 0.211. The van der Waals surface area contributed by atoms with E-state index in [1.54, 1.807) is 6.20 Å². The second-order valence-electron chi connectivity index (χ2n) is 5.87. The van der Waals surface area contributed by atoms with Crippen molar-refractivity contribution < 1.29 is 4.42 Å². The van der Waals surface area contributed by atoms with Gasteiger partial charge in [0.1, 0.15) is 0 Å². The second-order valence-corrected chi connectivity index (χ2v) is 5.87. The number of rotatable bonds is 6. The second kappa shape index (κ2) is 7.66. The summed E-state index contributed by atoms with van der Waals surface area (Å²) in [5.74, 6) is 0.747. The predicted molar refractivity (Wildman–Crippen MR) is 94.0 cm³/mol. The van der Waals surface area contributed by atoms with E-state index in [4.69, 9.17) is 4.42 Å². The molecule has 0 aliphatic carbocycles. The molecule has 0 fully saturated rings. The lowest BCUT2D eigenvalue weighted by atomic mass is 10.1. The molecule has 0 unspecified atom stereocenters. The molecule has 0 saturated heterocycles. The lowest BCUT2D eigenvalue weighted by molar-refractivity contribution is 0.402. The molecule has 5 nitrogen and oxygen atoms in total. The molecule has 0 aliphatic heterocycles. The van der Waals surface area contributed by atoms with Crippen LogP contribution in [0.1, 0.15) is 11.1 Å². The number of aromatic nitrogens is 1. The molecule has 5 heteroatoms. The van der Waals surface area contributed by atoms with Crippen LogP contribution in [-0.4, -0.2) is 24.0 Å². The maximum Gasteiger partial charge on any atom is 0.181 e. The first-order valence-corrected chi connectivity index (χ1v) is 7.80. The smallest absolute Gasteiger partial charge is 0.181 e. The van der Waals surface area contributed by atoms with Crippen LogP contribution in [0.3, 0.4) is 0 Å². The number of oxazole rings is 1. The molecule has 1 aromatic heterocycles. The van der Waals surface area contributed by atoms with Crippen molar-refractivity contribution in [2.45, 2.75) is 13.1 Å². The summed E-state index contributed by atoms with van der Waals surface area (Å²) in [6, 6.07) is 16.2. The summed E-state index contributed by atoms with van der Waals surface area (Å²) in [7, 11) is 4.13. The van der Waals surface area contributed by atoms with Crippen molar-refractivity contribution in [1.29, 1.82) is 0 Å². The summed E-state index contributed by atoms with van der Waals surface area (Å²) in [6.07, 6.45) is 3.11. The van der Waals surface area contributed by atoms with Crippen LogP contribution in [0.5, 0.6) is 0 Å². The largest absolute Gasteiger partial charge is 0.444 e. The Labute approximate surface area is 141 Å². The van der Waals surface area contributed by atoms with Gasteiger partial charge in [0.2, 0.25) is 0 Å². The van der Waals surface area contributed by atoms with Crippen molar-refractivity contribution in [2.75, 3.05) is 14.1 Å². The normalized spacial score (nSPS) is 11.5. The number of benzene rings is 2. The van der Waals surface area contributed by atoms with Gasteiger partial charge in [0.05, 0.1) is 18.4 Å². The first-order valence-electron chi connectivity index (χ1n) is 7.80. The van der Waals surface area contributed by atoms with Gasteiger partial charge in [-0.2, -0.15) is 10.2 Å². The van der Waals surface area contributed by atoms with Gasteiger partial charge in [0.25, 0.3) is 0 Å². The van der Waals surface area contributed by atoms with E-state index in [0.29, 0.717) is 6.54 Å². The van der Waals surface area contributed by atoms with Crippen molar-refractivity contribution in [2.24, 2.45) is 10.2 Å². The lowest BCUT2D eigenvalue weighted by Gasteiger charge is -2.09. The minimum absolute atomic E-state index is 0.575. The monoisotopic (exact) mass is 320 g/mol. The Morgan fingerprint density at radius 1 is 0.958 bits per heavy atom. The molecule has 0 aliphatic rings. The molecular formula is C19H20N4O. The molecule has 2 aromatic carbocycles. The van der Waals surface area contributed by atoms with Crippen LogP contribution in [0.25, 0.3) is 11.3 Å². The van der Waals surface area contributed by atoms with Gasteiger partial charge in [-0.05, 0) is 49.5 Å². The van der Waals surface area contributed by atoms with Crippen molar-refractivity contribution in [1.82, 2.24) is 9.88 Å². The lowest BCUT2D eigenvalue weighted by Crippen LogP contribution is -2.10. The minimum atomic E-state index is 0.575. The molecule has 24 heavy (non-hydrogen) atoms. The quantitative estimate of drug-likeness (QED) is 0.619. The Morgan fingerprint density at radius 3 is 2.29 bits per heavy atom. The van der Waals surface area contributed by atoms with Crippen molar-refractivity contribution in [3.8, 4) is 11.3 Å². The topological polar surface area (TPSA) is 54.0 Å². The summed E-state index contributed by atoms with van der Waals surface area (Å²) >= 11 is 0. The van der Waals surface area contributed by atoms with E-state index < -0.39 is 0 Å². The minimum Gasteiger partial charge on any atom is -0.444 e. The summed E-state index contributed by atoms with van der Waals surface area (Å²) in [5, 5.41) is 8.54. The Balaban J connectivity index is 1.58. The molecule has 0 N–H and O–H groups in total. The molecule has 0 spiro atoms. The van der Waals surface area contributed by atoms with Crippen LogP contribution in [0.15, 0.2) is 75.8 Å². The molecule has 0 atom stereocenters. The third-order valence-corrected chi connectivity index (χ3v) is 3.55. The maximum absolute atomic E-state index is 5.26. The Kier molecular flexibility index (Phi) is 5.13. The average Bonchev–Trinajstić information content (AvgIpc) is 3.11. The zero-order valence-electron chi connectivity index (χ0n) is 13.9. The van der Waals surface area contributed by atoms with Gasteiger partial charge in [-0.3, -0.25) is 0 Å². The fourth-order valence-electron chi connectivity index (χ4n) is 2.36. The van der Waals surface area contributed by atoms with Crippen molar-refractivity contribution in [3.05, 3.63) is 72.2 Å². The van der Waals surface area contributed by atoms with Gasteiger partial charge in [-0.1, -0.05) is 24.3 Å². The number of hydrogen-bond donors (Lipinski definition) is 0. The van der Waals surface area contributed by atoms with E-state index in [2.05, 4.69) is 58.5 Å². The van der Waals surface area contributed by atoms with Crippen LogP contribution in [0.2, 0.25) is 0 Å². The highest BCUT2D eigenvalue weighted by Crippen LogP contribution is 2.22. The third kappa shape index (κ3) is 4.36. The number of nitrogens with zero attached hydrogens (tertiary/aromatic N) is 4. The van der Waals surface area contributed by atoms with E-state index in [-0.39, 0.29) is 0 Å². The zero-order chi connectivity index (χ0) is 16.8. The van der Waals surface area contributed by atoms with Crippen molar-refractivity contribution in [3.63, 3.8) is 0 Å². The predicted octanol–water partition coefficient (Wildman–Crippen LogP) is 4.69. The Hall–Kier alpha value is -2.79. The molecule has 1 heterocycles. The van der Waals surface area contributed by atoms with Crippen molar-refractivity contribution >= 4 is 5.69 Å². The summed E-state index contributed by atoms with van der Waals surface area (Å²) in [4.78, 5) is 6.06. The van der Waals surface area contributed by atoms with E-state index in [9.17, 15) is 0 Å². The van der Waals surface area contributed by atoms with E-state index in [0.717, 1.165) is 29.1 Å². The molecule has 122 valence electrons. The maximum atomic E-state index is 5.26. The molecule has 3 rings (SSSR count). The van der Waals surface area contributed by atoms with Crippen LogP contribution in [0, 0.1) is 0 Å². The fourth-order valence-corrected chi connectivity index (χ4v) is 2.36. The van der Waals surface area contributed by atoms with Gasteiger partial charge in [0.15, 0.2) is 12.2 Å². The average molecular weight is 320 g/mol. The molecule has 0 amide bonds. The molecule has 0 bridgehead atoms. The number of hydrogen-bond acceptors (Lipinski definition) is 5. The Bertz CT molecular complexity index is 775. The molecular weight excluding hydrogens is 300 g/mol. The first kappa shape index (κ1) is 16.1. The van der Waals surface area contributed by atoms with Gasteiger partial charge in [0, 0.05) is 12.1 Å². The number of azo groups is 1. The van der Waals surface area contributed by atoms with Gasteiger partial charge in [-0.25, -0.2) is 4.98 Å². The van der Waals surface area contributed by atoms with E-state index in [1.165, 1.54) is 12.0 Å². The van der Waals surface area contributed by atoms with Gasteiger partial charge >= 0.3 is 0 Å².